The van der Waals surface area contributed by atoms with Crippen LogP contribution >= 0.6 is 0 Å². The Morgan fingerprint density at radius 2 is 2.25 bits per heavy atom. The van der Waals surface area contributed by atoms with E-state index in [0.29, 0.717) is 19.3 Å². The molecule has 2 fully saturated rings. The Kier molecular flexibility index (Phi) is 1.56. The van der Waals surface area contributed by atoms with E-state index in [1.165, 1.54) is 0 Å². The molecule has 66 valence electrons. The van der Waals surface area contributed by atoms with Gasteiger partial charge < -0.3 is 9.84 Å². The molecule has 2 aliphatic rings. The molecular weight excluding hydrogens is 160 g/mol. The van der Waals surface area contributed by atoms with Crippen LogP contribution in [0.1, 0.15) is 19.3 Å². The lowest BCUT2D eigenvalue weighted by Gasteiger charge is -2.20. The molecule has 12 heavy (non-hydrogen) atoms. The third-order valence-electron chi connectivity index (χ3n) is 2.70. The van der Waals surface area contributed by atoms with E-state index in [2.05, 4.69) is 0 Å². The van der Waals surface area contributed by atoms with Crippen molar-refractivity contribution in [2.75, 3.05) is 0 Å². The molecule has 1 saturated carbocycles. The largest absolute Gasteiger partial charge is 0.481 e. The van der Waals surface area contributed by atoms with Crippen LogP contribution in [0, 0.1) is 11.8 Å². The molecule has 0 radical (unpaired) electrons. The maximum atomic E-state index is 11.1. The van der Waals surface area contributed by atoms with E-state index in [0.717, 1.165) is 0 Å². The van der Waals surface area contributed by atoms with E-state index in [-0.39, 0.29) is 18.0 Å². The normalized spacial score (nSPS) is 39.3. The molecule has 2 bridgehead atoms. The topological polar surface area (TPSA) is 63.6 Å². The number of hydrogen-bond donors (Lipinski definition) is 1. The SMILES string of the molecule is O=C(O)[C@H]1CC[C@@H]2C[C@H]1C(=O)O2. The van der Waals surface area contributed by atoms with Crippen molar-refractivity contribution in [3.63, 3.8) is 0 Å². The van der Waals surface area contributed by atoms with Gasteiger partial charge in [0.15, 0.2) is 0 Å². The van der Waals surface area contributed by atoms with E-state index >= 15 is 0 Å². The van der Waals surface area contributed by atoms with Gasteiger partial charge >= 0.3 is 11.9 Å². The van der Waals surface area contributed by atoms with Crippen LogP contribution in [0.15, 0.2) is 0 Å². The standard InChI is InChI=1S/C8H10O4/c9-7(10)5-2-1-4-3-6(5)8(11)12-4/h4-6H,1-3H2,(H,9,10)/t4-,5+,6-/m1/s1. The Bertz CT molecular complexity index is 235. The fourth-order valence-electron chi connectivity index (χ4n) is 2.05. The van der Waals surface area contributed by atoms with E-state index < -0.39 is 11.9 Å². The van der Waals surface area contributed by atoms with E-state index in [1.807, 2.05) is 0 Å². The molecule has 1 N–H and O–H groups in total. The molecule has 0 aromatic carbocycles. The second kappa shape index (κ2) is 2.47. The summed E-state index contributed by atoms with van der Waals surface area (Å²) in [6, 6.07) is 0. The van der Waals surface area contributed by atoms with Gasteiger partial charge in [-0.15, -0.1) is 0 Å². The number of carboxylic acid groups (broad SMARTS) is 1. The number of carbonyl (C=O) groups is 2. The van der Waals surface area contributed by atoms with Crippen molar-refractivity contribution in [3.05, 3.63) is 0 Å². The molecule has 0 unspecified atom stereocenters. The lowest BCUT2D eigenvalue weighted by molar-refractivity contribution is -0.150. The van der Waals surface area contributed by atoms with Crippen molar-refractivity contribution >= 4 is 11.9 Å². The third-order valence-corrected chi connectivity index (χ3v) is 2.70. The summed E-state index contributed by atoms with van der Waals surface area (Å²) in [5, 5.41) is 8.77. The molecule has 4 heteroatoms. The second-order valence-electron chi connectivity index (χ2n) is 3.42. The molecule has 1 heterocycles. The Morgan fingerprint density at radius 1 is 1.50 bits per heavy atom. The first-order valence-corrected chi connectivity index (χ1v) is 4.12. The van der Waals surface area contributed by atoms with Gasteiger partial charge in [-0.3, -0.25) is 9.59 Å². The first-order valence-electron chi connectivity index (χ1n) is 4.12. The summed E-state index contributed by atoms with van der Waals surface area (Å²) >= 11 is 0. The Hall–Kier alpha value is -1.06. The molecule has 0 spiro atoms. The van der Waals surface area contributed by atoms with Crippen LogP contribution in [0.25, 0.3) is 0 Å². The summed E-state index contributed by atoms with van der Waals surface area (Å²) in [5.41, 5.74) is 0. The van der Waals surface area contributed by atoms with E-state index in [9.17, 15) is 9.59 Å². The van der Waals surface area contributed by atoms with E-state index in [4.69, 9.17) is 9.84 Å². The van der Waals surface area contributed by atoms with Gasteiger partial charge in [0, 0.05) is 0 Å². The monoisotopic (exact) mass is 170 g/mol. The fourth-order valence-corrected chi connectivity index (χ4v) is 2.05. The fraction of sp³-hybridized carbons (Fsp3) is 0.750. The predicted molar refractivity (Wildman–Crippen MR) is 38.3 cm³/mol. The number of carboxylic acids is 1. The molecule has 1 aliphatic heterocycles. The quantitative estimate of drug-likeness (QED) is 0.579. The van der Waals surface area contributed by atoms with Gasteiger partial charge in [0.25, 0.3) is 0 Å². The first-order chi connectivity index (χ1) is 5.68. The summed E-state index contributed by atoms with van der Waals surface area (Å²) < 4.78 is 4.96. The van der Waals surface area contributed by atoms with Crippen LogP contribution in [0.3, 0.4) is 0 Å². The van der Waals surface area contributed by atoms with Crippen molar-refractivity contribution in [2.24, 2.45) is 11.8 Å². The summed E-state index contributed by atoms with van der Waals surface area (Å²) in [7, 11) is 0. The minimum absolute atomic E-state index is 0.00176. The number of ether oxygens (including phenoxy) is 1. The molecule has 2 rings (SSSR count). The lowest BCUT2D eigenvalue weighted by atomic mass is 9.80. The van der Waals surface area contributed by atoms with Crippen LogP contribution in [-0.4, -0.2) is 23.1 Å². The maximum Gasteiger partial charge on any atom is 0.310 e. The van der Waals surface area contributed by atoms with Crippen LogP contribution in [0.5, 0.6) is 0 Å². The highest BCUT2D eigenvalue weighted by Gasteiger charge is 2.46. The Morgan fingerprint density at radius 3 is 2.92 bits per heavy atom. The summed E-state index contributed by atoms with van der Waals surface area (Å²) in [6.45, 7) is 0. The smallest absolute Gasteiger partial charge is 0.310 e. The van der Waals surface area contributed by atoms with Gasteiger partial charge in [-0.2, -0.15) is 0 Å². The molecule has 0 aromatic heterocycles. The summed E-state index contributed by atoms with van der Waals surface area (Å²) in [5.74, 6) is -2.06. The molecule has 3 atom stereocenters. The molecule has 4 nitrogen and oxygen atoms in total. The van der Waals surface area contributed by atoms with Gasteiger partial charge in [-0.05, 0) is 19.3 Å². The summed E-state index contributed by atoms with van der Waals surface area (Å²) in [4.78, 5) is 21.8. The van der Waals surface area contributed by atoms with Crippen molar-refractivity contribution in [2.45, 2.75) is 25.4 Å². The second-order valence-corrected chi connectivity index (χ2v) is 3.42. The van der Waals surface area contributed by atoms with Gasteiger partial charge in [-0.25, -0.2) is 0 Å². The van der Waals surface area contributed by atoms with Crippen LogP contribution in [-0.2, 0) is 14.3 Å². The van der Waals surface area contributed by atoms with Gasteiger partial charge in [0.05, 0.1) is 11.8 Å². The molecule has 0 amide bonds. The van der Waals surface area contributed by atoms with Crippen LogP contribution in [0.4, 0.5) is 0 Å². The van der Waals surface area contributed by atoms with Crippen molar-refractivity contribution in [3.8, 4) is 0 Å². The number of fused-ring (bicyclic) bond motifs is 2. The van der Waals surface area contributed by atoms with Crippen LogP contribution in [0.2, 0.25) is 0 Å². The number of rotatable bonds is 1. The highest BCUT2D eigenvalue weighted by Crippen LogP contribution is 2.38. The molecule has 1 aliphatic carbocycles. The third kappa shape index (κ3) is 0.983. The first kappa shape index (κ1) is 7.58. The molecular formula is C8H10O4. The minimum Gasteiger partial charge on any atom is -0.481 e. The number of esters is 1. The zero-order valence-electron chi connectivity index (χ0n) is 6.53. The summed E-state index contributed by atoms with van der Waals surface area (Å²) in [6.07, 6.45) is 1.89. The van der Waals surface area contributed by atoms with E-state index in [1.54, 1.807) is 0 Å². The van der Waals surface area contributed by atoms with Crippen molar-refractivity contribution in [1.82, 2.24) is 0 Å². The molecule has 1 saturated heterocycles. The predicted octanol–water partition coefficient (Wildman–Crippen LogP) is 0.413. The van der Waals surface area contributed by atoms with Crippen molar-refractivity contribution in [1.29, 1.82) is 0 Å². The average molecular weight is 170 g/mol. The highest BCUT2D eigenvalue weighted by atomic mass is 16.6. The van der Waals surface area contributed by atoms with Gasteiger partial charge in [0.2, 0.25) is 0 Å². The van der Waals surface area contributed by atoms with Gasteiger partial charge in [-0.1, -0.05) is 0 Å². The van der Waals surface area contributed by atoms with Crippen molar-refractivity contribution < 1.29 is 19.4 Å². The average Bonchev–Trinajstić information content (AvgIpc) is 2.28. The maximum absolute atomic E-state index is 11.1. The van der Waals surface area contributed by atoms with Gasteiger partial charge in [0.1, 0.15) is 6.10 Å². The zero-order valence-corrected chi connectivity index (χ0v) is 6.53. The number of hydrogen-bond acceptors (Lipinski definition) is 3. The zero-order chi connectivity index (χ0) is 8.72. The number of carbonyl (C=O) groups excluding carboxylic acids is 1. The number of aliphatic carboxylic acids is 1. The molecule has 0 aromatic rings. The lowest BCUT2D eigenvalue weighted by Crippen LogP contribution is -2.29. The Labute approximate surface area is 69.5 Å². The Balaban J connectivity index is 2.18. The highest BCUT2D eigenvalue weighted by molar-refractivity contribution is 5.83. The minimum atomic E-state index is -0.864. The van der Waals surface area contributed by atoms with Crippen LogP contribution < -0.4 is 0 Å².